The van der Waals surface area contributed by atoms with Crippen LogP contribution in [0.3, 0.4) is 0 Å². The Hall–Kier alpha value is -1.77. The second-order valence-electron chi connectivity index (χ2n) is 6.33. The fourth-order valence-electron chi connectivity index (χ4n) is 3.26. The second-order valence-corrected chi connectivity index (χ2v) is 6.33. The molecule has 1 aliphatic rings. The van der Waals surface area contributed by atoms with Gasteiger partial charge < -0.3 is 0 Å². The molecule has 0 unspecified atom stereocenters. The fourth-order valence-corrected chi connectivity index (χ4v) is 3.26. The first-order valence-electron chi connectivity index (χ1n) is 8.79. The van der Waals surface area contributed by atoms with Gasteiger partial charge in [0.25, 0.3) is 0 Å². The largest absolute Gasteiger partial charge is 0.204 e. The molecule has 2 aromatic carbocycles. The smallest absolute Gasteiger partial charge is 0.194 e. The molecule has 3 heteroatoms. The molecule has 1 fully saturated rings. The van der Waals surface area contributed by atoms with Gasteiger partial charge in [0.1, 0.15) is 0 Å². The van der Waals surface area contributed by atoms with Gasteiger partial charge >= 0.3 is 0 Å². The van der Waals surface area contributed by atoms with E-state index in [0.29, 0.717) is 17.0 Å². The molecule has 0 saturated heterocycles. The number of benzene rings is 2. The molecule has 0 atom stereocenters. The van der Waals surface area contributed by atoms with Crippen LogP contribution in [0.25, 0.3) is 11.1 Å². The molecule has 0 aliphatic heterocycles. The molecule has 0 bridgehead atoms. The molecule has 3 rings (SSSR count). The Kier molecular flexibility index (Phi) is 6.47. The second kappa shape index (κ2) is 8.36. The Morgan fingerprint density at radius 2 is 1.25 bits per heavy atom. The van der Waals surface area contributed by atoms with Gasteiger partial charge in [0, 0.05) is 0 Å². The number of halogens is 3. The maximum atomic E-state index is 13.3. The predicted octanol–water partition coefficient (Wildman–Crippen LogP) is 7.09. The van der Waals surface area contributed by atoms with Crippen molar-refractivity contribution in [1.29, 1.82) is 0 Å². The van der Waals surface area contributed by atoms with Crippen molar-refractivity contribution in [1.82, 2.24) is 0 Å². The van der Waals surface area contributed by atoms with Crippen LogP contribution < -0.4 is 0 Å². The summed E-state index contributed by atoms with van der Waals surface area (Å²) in [5, 5.41) is 0. The van der Waals surface area contributed by atoms with Gasteiger partial charge in [-0.3, -0.25) is 0 Å². The molecular weight excluding hydrogens is 309 g/mol. The predicted molar refractivity (Wildman–Crippen MR) is 93.5 cm³/mol. The van der Waals surface area contributed by atoms with Crippen LogP contribution in [0.2, 0.25) is 0 Å². The molecule has 0 aromatic heterocycles. The normalized spacial score (nSPS) is 20.2. The molecule has 0 radical (unpaired) electrons. The van der Waals surface area contributed by atoms with E-state index < -0.39 is 17.5 Å². The van der Waals surface area contributed by atoms with E-state index in [1.165, 1.54) is 31.2 Å². The summed E-state index contributed by atoms with van der Waals surface area (Å²) in [5.74, 6) is -2.34. The van der Waals surface area contributed by atoms with Crippen LogP contribution in [0.15, 0.2) is 36.4 Å². The first-order chi connectivity index (χ1) is 11.5. The lowest BCUT2D eigenvalue weighted by atomic mass is 9.79. The van der Waals surface area contributed by atoms with E-state index in [-0.39, 0.29) is 0 Å². The third kappa shape index (κ3) is 4.19. The Morgan fingerprint density at radius 3 is 1.75 bits per heavy atom. The topological polar surface area (TPSA) is 0 Å². The van der Waals surface area contributed by atoms with E-state index in [4.69, 9.17) is 0 Å². The lowest BCUT2D eigenvalue weighted by Crippen LogP contribution is -2.10. The van der Waals surface area contributed by atoms with Gasteiger partial charge in [-0.25, -0.2) is 13.2 Å². The van der Waals surface area contributed by atoms with E-state index in [1.807, 2.05) is 38.1 Å². The molecule has 0 spiro atoms. The highest BCUT2D eigenvalue weighted by molar-refractivity contribution is 5.64. The lowest BCUT2D eigenvalue weighted by Gasteiger charge is -2.26. The molecule has 0 heterocycles. The van der Waals surface area contributed by atoms with Gasteiger partial charge in [0.05, 0.1) is 0 Å². The van der Waals surface area contributed by atoms with E-state index in [9.17, 15) is 13.2 Å². The summed E-state index contributed by atoms with van der Waals surface area (Å²) < 4.78 is 39.6. The standard InChI is InChI=1S/C19H19F3.C2H6/c1-12-2-4-13(5-3-12)14-6-8-15(9-7-14)16-10-17(20)19(22)18(21)11-16;1-2/h6-13H,2-5H2,1H3;1-2H3. The minimum absolute atomic E-state index is 0.361. The Balaban J connectivity index is 0.00000100. The zero-order chi connectivity index (χ0) is 17.7. The van der Waals surface area contributed by atoms with Crippen molar-refractivity contribution in [3.05, 3.63) is 59.4 Å². The number of rotatable bonds is 2. The first-order valence-corrected chi connectivity index (χ1v) is 8.79. The monoisotopic (exact) mass is 334 g/mol. The summed E-state index contributed by atoms with van der Waals surface area (Å²) in [6.45, 7) is 6.29. The molecular formula is C21H25F3. The van der Waals surface area contributed by atoms with Crippen LogP contribution in [-0.2, 0) is 0 Å². The van der Waals surface area contributed by atoms with Crippen LogP contribution >= 0.6 is 0 Å². The zero-order valence-corrected chi connectivity index (χ0v) is 14.6. The average molecular weight is 334 g/mol. The Morgan fingerprint density at radius 1 is 0.750 bits per heavy atom. The van der Waals surface area contributed by atoms with Gasteiger partial charge in [-0.15, -0.1) is 0 Å². The third-order valence-electron chi connectivity index (χ3n) is 4.72. The highest BCUT2D eigenvalue weighted by Crippen LogP contribution is 2.36. The zero-order valence-electron chi connectivity index (χ0n) is 14.6. The van der Waals surface area contributed by atoms with Crippen molar-refractivity contribution >= 4 is 0 Å². The van der Waals surface area contributed by atoms with Gasteiger partial charge in [-0.1, -0.05) is 57.9 Å². The summed E-state index contributed by atoms with van der Waals surface area (Å²) in [4.78, 5) is 0. The van der Waals surface area contributed by atoms with Crippen molar-refractivity contribution in [2.75, 3.05) is 0 Å². The molecule has 2 aromatic rings. The molecule has 24 heavy (non-hydrogen) atoms. The molecule has 0 amide bonds. The minimum atomic E-state index is -1.42. The number of hydrogen-bond donors (Lipinski definition) is 0. The minimum Gasteiger partial charge on any atom is -0.204 e. The molecule has 1 saturated carbocycles. The van der Waals surface area contributed by atoms with Gasteiger partial charge in [-0.05, 0) is 53.5 Å². The van der Waals surface area contributed by atoms with Crippen LogP contribution in [0.1, 0.15) is 57.9 Å². The van der Waals surface area contributed by atoms with E-state index in [0.717, 1.165) is 18.1 Å². The van der Waals surface area contributed by atoms with Gasteiger partial charge in [0.2, 0.25) is 0 Å². The summed E-state index contributed by atoms with van der Waals surface area (Å²) in [6.07, 6.45) is 4.89. The quantitative estimate of drug-likeness (QED) is 0.514. The van der Waals surface area contributed by atoms with Gasteiger partial charge in [-0.2, -0.15) is 0 Å². The van der Waals surface area contributed by atoms with Crippen LogP contribution in [-0.4, -0.2) is 0 Å². The van der Waals surface area contributed by atoms with Crippen molar-refractivity contribution in [3.63, 3.8) is 0 Å². The maximum absolute atomic E-state index is 13.3. The van der Waals surface area contributed by atoms with Crippen LogP contribution in [0.5, 0.6) is 0 Å². The first kappa shape index (κ1) is 18.6. The number of hydrogen-bond acceptors (Lipinski definition) is 0. The summed E-state index contributed by atoms with van der Waals surface area (Å²) in [5.41, 5.74) is 2.34. The van der Waals surface area contributed by atoms with E-state index >= 15 is 0 Å². The molecule has 1 aliphatic carbocycles. The lowest BCUT2D eigenvalue weighted by molar-refractivity contribution is 0.348. The summed E-state index contributed by atoms with van der Waals surface area (Å²) in [6, 6.07) is 9.84. The van der Waals surface area contributed by atoms with Crippen LogP contribution in [0.4, 0.5) is 13.2 Å². The summed E-state index contributed by atoms with van der Waals surface area (Å²) in [7, 11) is 0. The van der Waals surface area contributed by atoms with Gasteiger partial charge in [0.15, 0.2) is 17.5 Å². The Bertz CT molecular complexity index is 630. The highest BCUT2D eigenvalue weighted by atomic mass is 19.2. The van der Waals surface area contributed by atoms with E-state index in [2.05, 4.69) is 6.92 Å². The highest BCUT2D eigenvalue weighted by Gasteiger charge is 2.19. The van der Waals surface area contributed by atoms with Crippen LogP contribution in [0, 0.1) is 23.4 Å². The average Bonchev–Trinajstić information content (AvgIpc) is 2.62. The maximum Gasteiger partial charge on any atom is 0.194 e. The fraction of sp³-hybridized carbons (Fsp3) is 0.429. The summed E-state index contributed by atoms with van der Waals surface area (Å²) >= 11 is 0. The van der Waals surface area contributed by atoms with Crippen molar-refractivity contribution < 1.29 is 13.2 Å². The van der Waals surface area contributed by atoms with Crippen molar-refractivity contribution in [2.45, 2.75) is 52.4 Å². The van der Waals surface area contributed by atoms with E-state index in [1.54, 1.807) is 0 Å². The SMILES string of the molecule is CC.CC1CCC(c2ccc(-c3cc(F)c(F)c(F)c3)cc2)CC1. The Labute approximate surface area is 142 Å². The third-order valence-corrected chi connectivity index (χ3v) is 4.72. The molecule has 0 nitrogen and oxygen atoms in total. The molecule has 0 N–H and O–H groups in total. The molecule has 130 valence electrons. The van der Waals surface area contributed by atoms with Crippen molar-refractivity contribution in [2.24, 2.45) is 5.92 Å². The van der Waals surface area contributed by atoms with Crippen molar-refractivity contribution in [3.8, 4) is 11.1 Å².